The van der Waals surface area contributed by atoms with Crippen molar-refractivity contribution in [2.45, 2.75) is 6.92 Å². The Morgan fingerprint density at radius 3 is 2.64 bits per heavy atom. The zero-order valence-electron chi connectivity index (χ0n) is 21.2. The van der Waals surface area contributed by atoms with Crippen LogP contribution in [0.1, 0.15) is 6.92 Å². The van der Waals surface area contributed by atoms with E-state index in [0.29, 0.717) is 24.5 Å². The van der Waals surface area contributed by atoms with Crippen molar-refractivity contribution < 1.29 is 13.6 Å². The van der Waals surface area contributed by atoms with Crippen LogP contribution in [0.5, 0.6) is 0 Å². The van der Waals surface area contributed by atoms with E-state index in [4.69, 9.17) is 0 Å². The molecule has 200 valence electrons. The third-order valence-electron chi connectivity index (χ3n) is 6.56. The third-order valence-corrected chi connectivity index (χ3v) is 6.56. The first-order chi connectivity index (χ1) is 18.9. The number of rotatable bonds is 7. The molecule has 0 aliphatic carbocycles. The summed E-state index contributed by atoms with van der Waals surface area (Å²) in [4.78, 5) is 40.6. The number of nitrogens with one attached hydrogen (secondary N) is 2. The molecule has 1 saturated heterocycles. The number of carbonyl (C=O) groups is 1. The van der Waals surface area contributed by atoms with Crippen molar-refractivity contribution in [2.75, 3.05) is 48.3 Å². The zero-order valence-corrected chi connectivity index (χ0v) is 21.2. The Bertz CT molecular complexity index is 1620. The van der Waals surface area contributed by atoms with E-state index in [-0.39, 0.29) is 34.3 Å². The maximum atomic E-state index is 15.1. The molecule has 12 heteroatoms. The molecule has 0 spiro atoms. The van der Waals surface area contributed by atoms with Gasteiger partial charge in [0, 0.05) is 38.1 Å². The Labute approximate surface area is 222 Å². The minimum absolute atomic E-state index is 0.0411. The second-order valence-corrected chi connectivity index (χ2v) is 8.90. The van der Waals surface area contributed by atoms with Crippen molar-refractivity contribution in [1.82, 2.24) is 24.4 Å². The monoisotopic (exact) mass is 532 g/mol. The topological polar surface area (TPSA) is 108 Å². The standard InChI is InChI=1S/C27H26F2N8O2/c1-3-22(38)32-17-6-5-7-18(14-17)37-16-31-26(39)19-15-30-27(34-25(19)37)33-20-8-9-21(24(29)23(20)28)36-12-10-35(4-2)11-13-36/h3,5-9,14-16H,1,4,10-13H2,2H3,(H,32,38)(H,30,33,34). The molecule has 2 aromatic carbocycles. The minimum atomic E-state index is -1.05. The summed E-state index contributed by atoms with van der Waals surface area (Å²) in [5.74, 6) is -2.43. The normalized spacial score (nSPS) is 13.9. The molecule has 1 aliphatic rings. The van der Waals surface area contributed by atoms with Gasteiger partial charge < -0.3 is 20.4 Å². The Hall–Kier alpha value is -4.71. The first-order valence-electron chi connectivity index (χ1n) is 12.4. The Morgan fingerprint density at radius 1 is 1.10 bits per heavy atom. The smallest absolute Gasteiger partial charge is 0.283 e. The number of halogens is 2. The van der Waals surface area contributed by atoms with Gasteiger partial charge in [-0.15, -0.1) is 0 Å². The highest BCUT2D eigenvalue weighted by atomic mass is 19.2. The Kier molecular flexibility index (Phi) is 7.28. The van der Waals surface area contributed by atoms with Gasteiger partial charge >= 0.3 is 0 Å². The van der Waals surface area contributed by atoms with Crippen LogP contribution in [-0.4, -0.2) is 63.0 Å². The molecule has 1 fully saturated rings. The van der Waals surface area contributed by atoms with Crippen LogP contribution in [0.4, 0.5) is 31.8 Å². The van der Waals surface area contributed by atoms with Crippen LogP contribution in [0.25, 0.3) is 16.7 Å². The average Bonchev–Trinajstić information content (AvgIpc) is 2.96. The number of anilines is 4. The maximum absolute atomic E-state index is 15.1. The van der Waals surface area contributed by atoms with Gasteiger partial charge in [0.2, 0.25) is 11.9 Å². The molecule has 4 aromatic rings. The Morgan fingerprint density at radius 2 is 1.90 bits per heavy atom. The molecule has 1 amide bonds. The highest BCUT2D eigenvalue weighted by molar-refractivity contribution is 5.99. The minimum Gasteiger partial charge on any atom is -0.367 e. The van der Waals surface area contributed by atoms with Crippen molar-refractivity contribution in [3.8, 4) is 5.69 Å². The third kappa shape index (κ3) is 5.32. The number of amides is 1. The largest absolute Gasteiger partial charge is 0.367 e. The number of fused-ring (bicyclic) bond motifs is 1. The fourth-order valence-electron chi connectivity index (χ4n) is 4.42. The van der Waals surface area contributed by atoms with Crippen LogP contribution < -0.4 is 21.1 Å². The average molecular weight is 533 g/mol. The summed E-state index contributed by atoms with van der Waals surface area (Å²) < 4.78 is 31.7. The number of likely N-dealkylation sites (N-methyl/N-ethyl adjacent to an activating group) is 1. The van der Waals surface area contributed by atoms with Gasteiger partial charge in [0.05, 0.1) is 17.1 Å². The number of hydrogen-bond acceptors (Lipinski definition) is 8. The fourth-order valence-corrected chi connectivity index (χ4v) is 4.42. The molecule has 3 heterocycles. The highest BCUT2D eigenvalue weighted by Gasteiger charge is 2.22. The van der Waals surface area contributed by atoms with Crippen molar-refractivity contribution in [3.63, 3.8) is 0 Å². The van der Waals surface area contributed by atoms with Gasteiger partial charge in [-0.25, -0.2) is 13.8 Å². The van der Waals surface area contributed by atoms with Gasteiger partial charge in [-0.05, 0) is 43.0 Å². The van der Waals surface area contributed by atoms with Gasteiger partial charge in [-0.3, -0.25) is 14.2 Å². The maximum Gasteiger partial charge on any atom is 0.283 e. The van der Waals surface area contributed by atoms with Crippen LogP contribution >= 0.6 is 0 Å². The number of benzene rings is 2. The molecule has 1 aliphatic heterocycles. The lowest BCUT2D eigenvalue weighted by molar-refractivity contribution is -0.111. The molecule has 2 aromatic heterocycles. The summed E-state index contributed by atoms with van der Waals surface area (Å²) in [6.45, 7) is 9.20. The molecule has 0 saturated carbocycles. The Balaban J connectivity index is 1.46. The molecule has 0 bridgehead atoms. The second-order valence-electron chi connectivity index (χ2n) is 8.90. The molecule has 39 heavy (non-hydrogen) atoms. The van der Waals surface area contributed by atoms with Crippen LogP contribution in [0.15, 0.2) is 66.4 Å². The molecule has 0 atom stereocenters. The molecular weight excluding hydrogens is 506 g/mol. The van der Waals surface area contributed by atoms with E-state index in [1.165, 1.54) is 29.2 Å². The van der Waals surface area contributed by atoms with E-state index in [0.717, 1.165) is 25.7 Å². The summed E-state index contributed by atoms with van der Waals surface area (Å²) in [7, 11) is 0. The van der Waals surface area contributed by atoms with Gasteiger partial charge in [0.15, 0.2) is 17.3 Å². The second kappa shape index (κ2) is 11.0. The highest BCUT2D eigenvalue weighted by Crippen LogP contribution is 2.29. The number of piperazine rings is 1. The van der Waals surface area contributed by atoms with E-state index in [1.807, 2.05) is 4.90 Å². The van der Waals surface area contributed by atoms with Gasteiger partial charge in [0.1, 0.15) is 11.7 Å². The predicted octanol–water partition coefficient (Wildman–Crippen LogP) is 3.46. The molecule has 0 unspecified atom stereocenters. The number of aromatic nitrogens is 4. The molecule has 5 rings (SSSR count). The van der Waals surface area contributed by atoms with Crippen molar-refractivity contribution in [1.29, 1.82) is 0 Å². The van der Waals surface area contributed by atoms with Crippen LogP contribution in [0, 0.1) is 11.6 Å². The lowest BCUT2D eigenvalue weighted by Crippen LogP contribution is -2.46. The first-order valence-corrected chi connectivity index (χ1v) is 12.4. The zero-order chi connectivity index (χ0) is 27.5. The van der Waals surface area contributed by atoms with Crippen LogP contribution in [-0.2, 0) is 4.79 Å². The SMILES string of the molecule is C=CC(=O)Nc1cccc(-n2cnc(=O)c3cnc(Nc4ccc(N5CCN(CC)CC5)c(F)c4F)nc32)c1. The molecule has 10 nitrogen and oxygen atoms in total. The number of carbonyl (C=O) groups excluding carboxylic acids is 1. The van der Waals surface area contributed by atoms with E-state index in [2.05, 4.69) is 44.0 Å². The molecule has 2 N–H and O–H groups in total. The van der Waals surface area contributed by atoms with Crippen molar-refractivity contribution in [3.05, 3.63) is 83.6 Å². The van der Waals surface area contributed by atoms with E-state index >= 15 is 8.78 Å². The fraction of sp³-hybridized carbons (Fsp3) is 0.222. The summed E-state index contributed by atoms with van der Waals surface area (Å²) in [5, 5.41) is 5.52. The van der Waals surface area contributed by atoms with Crippen LogP contribution in [0.2, 0.25) is 0 Å². The van der Waals surface area contributed by atoms with Crippen molar-refractivity contribution in [2.24, 2.45) is 0 Å². The van der Waals surface area contributed by atoms with E-state index in [1.54, 1.807) is 24.3 Å². The summed E-state index contributed by atoms with van der Waals surface area (Å²) in [5.41, 5.74) is 0.741. The van der Waals surface area contributed by atoms with E-state index < -0.39 is 17.2 Å². The lowest BCUT2D eigenvalue weighted by atomic mass is 10.2. The van der Waals surface area contributed by atoms with Gasteiger partial charge in [0.25, 0.3) is 5.56 Å². The summed E-state index contributed by atoms with van der Waals surface area (Å²) >= 11 is 0. The first kappa shape index (κ1) is 25.9. The lowest BCUT2D eigenvalue weighted by Gasteiger charge is -2.35. The predicted molar refractivity (Wildman–Crippen MR) is 146 cm³/mol. The molecule has 0 radical (unpaired) electrons. The van der Waals surface area contributed by atoms with E-state index in [9.17, 15) is 9.59 Å². The molecular formula is C27H26F2N8O2. The quantitative estimate of drug-likeness (QED) is 0.349. The number of nitrogens with zero attached hydrogens (tertiary/aromatic N) is 6. The van der Waals surface area contributed by atoms with Crippen LogP contribution in [0.3, 0.4) is 0 Å². The summed E-state index contributed by atoms with van der Waals surface area (Å²) in [6, 6.07) is 9.77. The summed E-state index contributed by atoms with van der Waals surface area (Å²) in [6.07, 6.45) is 3.72. The van der Waals surface area contributed by atoms with Gasteiger partial charge in [-0.1, -0.05) is 19.6 Å². The van der Waals surface area contributed by atoms with Gasteiger partial charge in [-0.2, -0.15) is 9.97 Å². The number of hydrogen-bond donors (Lipinski definition) is 2. The van der Waals surface area contributed by atoms with Crippen molar-refractivity contribution >= 4 is 40.0 Å².